The lowest BCUT2D eigenvalue weighted by molar-refractivity contribution is -0.116. The highest BCUT2D eigenvalue weighted by atomic mass is 16.1. The van der Waals surface area contributed by atoms with Crippen molar-refractivity contribution in [3.8, 4) is 0 Å². The third kappa shape index (κ3) is 4.15. The molecule has 1 amide bonds. The van der Waals surface area contributed by atoms with Crippen molar-refractivity contribution in [3.63, 3.8) is 0 Å². The predicted octanol–water partition coefficient (Wildman–Crippen LogP) is 2.75. The van der Waals surface area contributed by atoms with Crippen LogP contribution in [0, 0.1) is 0 Å². The number of nitrogens with one attached hydrogen (secondary N) is 2. The molecule has 0 spiro atoms. The molecule has 100 valence electrons. The SMILES string of the molecule is CCc1cccc(CC)c1NC(=O)CCCNC. The molecule has 0 saturated carbocycles. The zero-order chi connectivity index (χ0) is 13.4. The van der Waals surface area contributed by atoms with Gasteiger partial charge in [-0.15, -0.1) is 0 Å². The zero-order valence-corrected chi connectivity index (χ0v) is 11.7. The second kappa shape index (κ2) is 7.88. The van der Waals surface area contributed by atoms with Gasteiger partial charge in [-0.3, -0.25) is 4.79 Å². The highest BCUT2D eigenvalue weighted by Gasteiger charge is 2.09. The molecule has 3 heteroatoms. The minimum Gasteiger partial charge on any atom is -0.326 e. The molecule has 0 saturated heterocycles. The Morgan fingerprint density at radius 2 is 1.78 bits per heavy atom. The Hall–Kier alpha value is -1.35. The molecule has 0 atom stereocenters. The van der Waals surface area contributed by atoms with Crippen LogP contribution >= 0.6 is 0 Å². The third-order valence-corrected chi connectivity index (χ3v) is 3.09. The number of benzene rings is 1. The van der Waals surface area contributed by atoms with Crippen LogP contribution < -0.4 is 10.6 Å². The van der Waals surface area contributed by atoms with Gasteiger partial charge in [-0.25, -0.2) is 0 Å². The van der Waals surface area contributed by atoms with Gasteiger partial charge in [0, 0.05) is 12.1 Å². The van der Waals surface area contributed by atoms with Crippen LogP contribution in [0.5, 0.6) is 0 Å². The molecule has 0 aliphatic heterocycles. The quantitative estimate of drug-likeness (QED) is 0.728. The monoisotopic (exact) mass is 248 g/mol. The van der Waals surface area contributed by atoms with Crippen molar-refractivity contribution in [1.82, 2.24) is 5.32 Å². The molecular weight excluding hydrogens is 224 g/mol. The van der Waals surface area contributed by atoms with Gasteiger partial charge in [0.25, 0.3) is 0 Å². The summed E-state index contributed by atoms with van der Waals surface area (Å²) >= 11 is 0. The van der Waals surface area contributed by atoms with Crippen molar-refractivity contribution in [2.45, 2.75) is 39.5 Å². The van der Waals surface area contributed by atoms with E-state index in [1.807, 2.05) is 7.05 Å². The molecule has 0 aliphatic carbocycles. The first-order valence-corrected chi connectivity index (χ1v) is 6.78. The van der Waals surface area contributed by atoms with E-state index in [0.29, 0.717) is 6.42 Å². The summed E-state index contributed by atoms with van der Waals surface area (Å²) in [5.74, 6) is 0.112. The number of para-hydroxylation sites is 1. The molecule has 0 aromatic heterocycles. The maximum atomic E-state index is 11.9. The molecular formula is C15H24N2O. The van der Waals surface area contributed by atoms with Crippen LogP contribution in [0.3, 0.4) is 0 Å². The van der Waals surface area contributed by atoms with Crippen LogP contribution in [0.25, 0.3) is 0 Å². The van der Waals surface area contributed by atoms with Gasteiger partial charge in [0.15, 0.2) is 0 Å². The lowest BCUT2D eigenvalue weighted by atomic mass is 10.0. The number of aryl methyl sites for hydroxylation is 2. The topological polar surface area (TPSA) is 41.1 Å². The number of anilines is 1. The van der Waals surface area contributed by atoms with E-state index >= 15 is 0 Å². The molecule has 0 unspecified atom stereocenters. The van der Waals surface area contributed by atoms with Gasteiger partial charge >= 0.3 is 0 Å². The second-order valence-electron chi connectivity index (χ2n) is 4.41. The molecule has 3 nitrogen and oxygen atoms in total. The Bertz CT molecular complexity index is 366. The average molecular weight is 248 g/mol. The predicted molar refractivity (Wildman–Crippen MR) is 77.0 cm³/mol. The summed E-state index contributed by atoms with van der Waals surface area (Å²) in [6.45, 7) is 5.11. The van der Waals surface area contributed by atoms with Gasteiger partial charge in [0.1, 0.15) is 0 Å². The van der Waals surface area contributed by atoms with Crippen molar-refractivity contribution in [2.24, 2.45) is 0 Å². The minimum atomic E-state index is 0.112. The average Bonchev–Trinajstić information content (AvgIpc) is 2.39. The number of hydrogen-bond acceptors (Lipinski definition) is 2. The second-order valence-corrected chi connectivity index (χ2v) is 4.41. The van der Waals surface area contributed by atoms with E-state index in [0.717, 1.165) is 31.5 Å². The summed E-state index contributed by atoms with van der Waals surface area (Å²) in [5, 5.41) is 6.13. The van der Waals surface area contributed by atoms with Crippen LogP contribution in [0.1, 0.15) is 37.8 Å². The molecule has 1 aromatic carbocycles. The Morgan fingerprint density at radius 1 is 1.17 bits per heavy atom. The minimum absolute atomic E-state index is 0.112. The van der Waals surface area contributed by atoms with Gasteiger partial charge in [-0.05, 0) is 44.0 Å². The zero-order valence-electron chi connectivity index (χ0n) is 11.7. The van der Waals surface area contributed by atoms with Gasteiger partial charge in [-0.2, -0.15) is 0 Å². The van der Waals surface area contributed by atoms with Crippen molar-refractivity contribution >= 4 is 11.6 Å². The smallest absolute Gasteiger partial charge is 0.224 e. The van der Waals surface area contributed by atoms with E-state index in [4.69, 9.17) is 0 Å². The van der Waals surface area contributed by atoms with Crippen LogP contribution in [0.4, 0.5) is 5.69 Å². The lowest BCUT2D eigenvalue weighted by Gasteiger charge is -2.14. The number of hydrogen-bond donors (Lipinski definition) is 2. The van der Waals surface area contributed by atoms with Crippen LogP contribution in [0.15, 0.2) is 18.2 Å². The van der Waals surface area contributed by atoms with Crippen molar-refractivity contribution < 1.29 is 4.79 Å². The van der Waals surface area contributed by atoms with Crippen molar-refractivity contribution in [1.29, 1.82) is 0 Å². The Labute approximate surface area is 110 Å². The van der Waals surface area contributed by atoms with E-state index in [1.54, 1.807) is 0 Å². The fourth-order valence-electron chi connectivity index (χ4n) is 2.03. The highest BCUT2D eigenvalue weighted by Crippen LogP contribution is 2.22. The molecule has 1 aromatic rings. The standard InChI is InChI=1S/C15H24N2O/c1-4-12-8-6-9-13(5-2)15(12)17-14(18)10-7-11-16-3/h6,8-9,16H,4-5,7,10-11H2,1-3H3,(H,17,18). The summed E-state index contributed by atoms with van der Waals surface area (Å²) in [4.78, 5) is 11.9. The molecule has 1 rings (SSSR count). The number of amides is 1. The first-order chi connectivity index (χ1) is 8.72. The summed E-state index contributed by atoms with van der Waals surface area (Å²) in [6, 6.07) is 6.24. The van der Waals surface area contributed by atoms with Gasteiger partial charge < -0.3 is 10.6 Å². The summed E-state index contributed by atoms with van der Waals surface area (Å²) in [6.07, 6.45) is 3.33. The Morgan fingerprint density at radius 3 is 2.28 bits per heavy atom. The Kier molecular flexibility index (Phi) is 6.44. The summed E-state index contributed by atoms with van der Waals surface area (Å²) < 4.78 is 0. The first-order valence-electron chi connectivity index (χ1n) is 6.78. The maximum Gasteiger partial charge on any atom is 0.224 e. The van der Waals surface area contributed by atoms with Gasteiger partial charge in [-0.1, -0.05) is 32.0 Å². The fourth-order valence-corrected chi connectivity index (χ4v) is 2.03. The molecule has 0 radical (unpaired) electrons. The molecule has 2 N–H and O–H groups in total. The number of carbonyl (C=O) groups excluding carboxylic acids is 1. The number of carbonyl (C=O) groups is 1. The van der Waals surface area contributed by atoms with E-state index in [-0.39, 0.29) is 5.91 Å². The van der Waals surface area contributed by atoms with E-state index in [9.17, 15) is 4.79 Å². The number of rotatable bonds is 7. The first kappa shape index (κ1) is 14.7. The van der Waals surface area contributed by atoms with E-state index in [1.165, 1.54) is 11.1 Å². The maximum absolute atomic E-state index is 11.9. The van der Waals surface area contributed by atoms with Crippen LogP contribution in [-0.2, 0) is 17.6 Å². The van der Waals surface area contributed by atoms with E-state index in [2.05, 4.69) is 42.7 Å². The highest BCUT2D eigenvalue weighted by molar-refractivity contribution is 5.92. The van der Waals surface area contributed by atoms with Crippen LogP contribution in [0.2, 0.25) is 0 Å². The largest absolute Gasteiger partial charge is 0.326 e. The normalized spacial score (nSPS) is 10.4. The van der Waals surface area contributed by atoms with Gasteiger partial charge in [0.2, 0.25) is 5.91 Å². The van der Waals surface area contributed by atoms with Crippen LogP contribution in [-0.4, -0.2) is 19.5 Å². The summed E-state index contributed by atoms with van der Waals surface area (Å²) in [7, 11) is 1.90. The third-order valence-electron chi connectivity index (χ3n) is 3.09. The lowest BCUT2D eigenvalue weighted by Crippen LogP contribution is -2.17. The molecule has 18 heavy (non-hydrogen) atoms. The fraction of sp³-hybridized carbons (Fsp3) is 0.533. The Balaban J connectivity index is 2.72. The molecule has 0 bridgehead atoms. The molecule has 0 fully saturated rings. The molecule has 0 heterocycles. The van der Waals surface area contributed by atoms with E-state index < -0.39 is 0 Å². The van der Waals surface area contributed by atoms with Gasteiger partial charge in [0.05, 0.1) is 0 Å². The van der Waals surface area contributed by atoms with Crippen molar-refractivity contribution in [2.75, 3.05) is 18.9 Å². The van der Waals surface area contributed by atoms with Crippen molar-refractivity contribution in [3.05, 3.63) is 29.3 Å². The summed E-state index contributed by atoms with van der Waals surface area (Å²) in [5.41, 5.74) is 3.46. The molecule has 0 aliphatic rings.